The van der Waals surface area contributed by atoms with Gasteiger partial charge in [0, 0.05) is 0 Å². The Morgan fingerprint density at radius 1 is 1.00 bits per heavy atom. The molecule has 0 heterocycles. The summed E-state index contributed by atoms with van der Waals surface area (Å²) >= 11 is 0.415. The van der Waals surface area contributed by atoms with E-state index in [0.29, 0.717) is 20.9 Å². The molecule has 1 heteroatoms. The third-order valence-electron chi connectivity index (χ3n) is 2.14. The van der Waals surface area contributed by atoms with Crippen LogP contribution < -0.4 is 0 Å². The van der Waals surface area contributed by atoms with Crippen LogP contribution in [-0.4, -0.2) is 20.9 Å². The first-order chi connectivity index (χ1) is 4.43. The molecule has 0 radical (unpaired) electrons. The molecule has 0 spiro atoms. The van der Waals surface area contributed by atoms with Crippen molar-refractivity contribution in [3.63, 3.8) is 0 Å². The zero-order valence-corrected chi connectivity index (χ0v) is 8.56. The molecule has 9 heavy (non-hydrogen) atoms. The molecule has 0 nitrogen and oxygen atoms in total. The SMILES string of the molecule is C[Te]C1CCCCCC1. The molecular formula is C8H16Te. The van der Waals surface area contributed by atoms with Crippen molar-refractivity contribution in [1.29, 1.82) is 0 Å². The third kappa shape index (κ3) is 2.92. The zero-order chi connectivity index (χ0) is 6.53. The van der Waals surface area contributed by atoms with Gasteiger partial charge in [-0.25, -0.2) is 0 Å². The molecule has 54 valence electrons. The van der Waals surface area contributed by atoms with Gasteiger partial charge in [0.15, 0.2) is 0 Å². The average Bonchev–Trinajstić information content (AvgIpc) is 2.13. The first-order valence-corrected chi connectivity index (χ1v) is 7.64. The molecule has 0 saturated heterocycles. The molecule has 0 aromatic heterocycles. The second-order valence-electron chi connectivity index (χ2n) is 2.85. The zero-order valence-electron chi connectivity index (χ0n) is 6.23. The molecule has 0 bridgehead atoms. The van der Waals surface area contributed by atoms with Crippen molar-refractivity contribution in [1.82, 2.24) is 0 Å². The summed E-state index contributed by atoms with van der Waals surface area (Å²) in [6, 6.07) is 0. The normalized spacial score (nSPS) is 23.7. The van der Waals surface area contributed by atoms with Crippen molar-refractivity contribution in [3.8, 4) is 0 Å². The van der Waals surface area contributed by atoms with E-state index in [1.165, 1.54) is 29.6 Å². The molecule has 1 rings (SSSR count). The number of hydrogen-bond donors (Lipinski definition) is 0. The second-order valence-corrected chi connectivity index (χ2v) is 6.10. The summed E-state index contributed by atoms with van der Waals surface area (Å²) < 4.78 is 1.21. The van der Waals surface area contributed by atoms with Crippen molar-refractivity contribution >= 4 is 20.9 Å². The standard InChI is InChI=1S/C8H16Te/c1-9-8-6-4-2-3-5-7-8/h8H,2-7H2,1H3. The maximum atomic E-state index is 2.46. The fourth-order valence-electron chi connectivity index (χ4n) is 1.48. The molecule has 0 atom stereocenters. The van der Waals surface area contributed by atoms with Crippen molar-refractivity contribution in [3.05, 3.63) is 0 Å². The molecule has 1 fully saturated rings. The predicted molar refractivity (Wildman–Crippen MR) is 43.1 cm³/mol. The van der Waals surface area contributed by atoms with E-state index >= 15 is 0 Å². The van der Waals surface area contributed by atoms with Crippen molar-refractivity contribution in [2.24, 2.45) is 0 Å². The van der Waals surface area contributed by atoms with Crippen molar-refractivity contribution < 1.29 is 0 Å². The van der Waals surface area contributed by atoms with E-state index in [4.69, 9.17) is 0 Å². The van der Waals surface area contributed by atoms with E-state index in [1.54, 1.807) is 12.8 Å². The summed E-state index contributed by atoms with van der Waals surface area (Å²) in [5, 5.41) is 0. The topological polar surface area (TPSA) is 0 Å². The summed E-state index contributed by atoms with van der Waals surface area (Å²) in [6.07, 6.45) is 9.23. The van der Waals surface area contributed by atoms with Gasteiger partial charge in [-0.05, 0) is 0 Å². The Kier molecular flexibility index (Phi) is 4.02. The van der Waals surface area contributed by atoms with Crippen LogP contribution in [-0.2, 0) is 0 Å². The van der Waals surface area contributed by atoms with Crippen LogP contribution in [0.4, 0.5) is 0 Å². The van der Waals surface area contributed by atoms with Gasteiger partial charge >= 0.3 is 68.4 Å². The first kappa shape index (κ1) is 7.89. The summed E-state index contributed by atoms with van der Waals surface area (Å²) in [5.74, 6) is 0. The third-order valence-corrected chi connectivity index (χ3v) is 5.38. The van der Waals surface area contributed by atoms with E-state index in [2.05, 4.69) is 4.97 Å². The molecule has 0 N–H and O–H groups in total. The molecular weight excluding hydrogens is 224 g/mol. The Hall–Kier alpha value is 0.790. The Balaban J connectivity index is 2.18. The van der Waals surface area contributed by atoms with E-state index < -0.39 is 0 Å². The van der Waals surface area contributed by atoms with Gasteiger partial charge in [0.2, 0.25) is 0 Å². The Bertz CT molecular complexity index is 63.0. The fourth-order valence-corrected chi connectivity index (χ4v) is 3.77. The molecule has 1 saturated carbocycles. The summed E-state index contributed by atoms with van der Waals surface area (Å²) in [7, 11) is 0. The average molecular weight is 240 g/mol. The molecule has 0 unspecified atom stereocenters. The fraction of sp³-hybridized carbons (Fsp3) is 1.00. The summed E-state index contributed by atoms with van der Waals surface area (Å²) in [5.41, 5.74) is 0. The van der Waals surface area contributed by atoms with Gasteiger partial charge in [-0.2, -0.15) is 0 Å². The maximum absolute atomic E-state index is 2.46. The van der Waals surface area contributed by atoms with E-state index in [9.17, 15) is 0 Å². The second kappa shape index (κ2) is 4.58. The van der Waals surface area contributed by atoms with E-state index in [-0.39, 0.29) is 0 Å². The molecule has 0 aromatic rings. The molecule has 0 amide bonds. The Morgan fingerprint density at radius 2 is 1.56 bits per heavy atom. The predicted octanol–water partition coefficient (Wildman–Crippen LogP) is 2.88. The van der Waals surface area contributed by atoms with Crippen molar-refractivity contribution in [2.75, 3.05) is 0 Å². The van der Waals surface area contributed by atoms with Crippen LogP contribution in [0.2, 0.25) is 8.94 Å². The quantitative estimate of drug-likeness (QED) is 0.488. The molecule has 0 aliphatic heterocycles. The van der Waals surface area contributed by atoms with Gasteiger partial charge in [0.25, 0.3) is 0 Å². The number of rotatable bonds is 1. The van der Waals surface area contributed by atoms with Crippen LogP contribution in [0.3, 0.4) is 0 Å². The van der Waals surface area contributed by atoms with Gasteiger partial charge in [-0.15, -0.1) is 0 Å². The monoisotopic (exact) mass is 242 g/mol. The Labute approximate surface area is 68.5 Å². The van der Waals surface area contributed by atoms with Crippen LogP contribution in [0, 0.1) is 0 Å². The van der Waals surface area contributed by atoms with Crippen LogP contribution in [0.25, 0.3) is 0 Å². The van der Waals surface area contributed by atoms with Gasteiger partial charge in [0.1, 0.15) is 0 Å². The van der Waals surface area contributed by atoms with Gasteiger partial charge in [-0.3, -0.25) is 0 Å². The van der Waals surface area contributed by atoms with E-state index in [1.807, 2.05) is 0 Å². The minimum atomic E-state index is 0.415. The minimum absolute atomic E-state index is 0.415. The molecule has 1 aliphatic rings. The Morgan fingerprint density at radius 3 is 2.00 bits per heavy atom. The van der Waals surface area contributed by atoms with Gasteiger partial charge in [-0.1, -0.05) is 0 Å². The summed E-state index contributed by atoms with van der Waals surface area (Å²) in [4.78, 5) is 2.46. The van der Waals surface area contributed by atoms with Gasteiger partial charge < -0.3 is 0 Å². The van der Waals surface area contributed by atoms with Crippen LogP contribution in [0.5, 0.6) is 0 Å². The van der Waals surface area contributed by atoms with Crippen LogP contribution >= 0.6 is 0 Å². The van der Waals surface area contributed by atoms with E-state index in [0.717, 1.165) is 0 Å². The molecule has 1 aliphatic carbocycles. The number of hydrogen-bond acceptors (Lipinski definition) is 0. The first-order valence-electron chi connectivity index (χ1n) is 3.96. The van der Waals surface area contributed by atoms with Crippen LogP contribution in [0.1, 0.15) is 38.5 Å². The van der Waals surface area contributed by atoms with Crippen molar-refractivity contribution in [2.45, 2.75) is 47.5 Å². The van der Waals surface area contributed by atoms with Crippen LogP contribution in [0.15, 0.2) is 0 Å². The summed E-state index contributed by atoms with van der Waals surface area (Å²) in [6.45, 7) is 0. The molecule has 0 aromatic carbocycles. The van der Waals surface area contributed by atoms with Gasteiger partial charge in [0.05, 0.1) is 0 Å².